The van der Waals surface area contributed by atoms with Crippen LogP contribution >= 0.6 is 0 Å². The molecule has 0 N–H and O–H groups in total. The molecule has 0 aliphatic heterocycles. The van der Waals surface area contributed by atoms with Crippen LogP contribution in [0.2, 0.25) is 0 Å². The number of hydrogen-bond donors (Lipinski definition) is 0. The van der Waals surface area contributed by atoms with Gasteiger partial charge < -0.3 is 9.47 Å². The Bertz CT molecular complexity index is 839. The van der Waals surface area contributed by atoms with Crippen molar-refractivity contribution in [1.82, 2.24) is 0 Å². The molecule has 180 valence electrons. The summed E-state index contributed by atoms with van der Waals surface area (Å²) in [6.45, 7) is 6.03. The number of esters is 1. The number of carbonyl (C=O) groups excluding carboxylic acids is 1. The second-order valence-electron chi connectivity index (χ2n) is 10.4. The Labute approximate surface area is 198 Å². The Morgan fingerprint density at radius 1 is 1.00 bits per heavy atom. The van der Waals surface area contributed by atoms with Gasteiger partial charge in [-0.3, -0.25) is 4.79 Å². The van der Waals surface area contributed by atoms with Crippen LogP contribution < -0.4 is 9.47 Å². The quantitative estimate of drug-likeness (QED) is 0.243. The highest BCUT2D eigenvalue weighted by molar-refractivity contribution is 5.75. The van der Waals surface area contributed by atoms with Crippen LogP contribution in [0.25, 0.3) is 0 Å². The Morgan fingerprint density at radius 3 is 2.36 bits per heavy atom. The predicted molar refractivity (Wildman–Crippen MR) is 130 cm³/mol. The van der Waals surface area contributed by atoms with Crippen molar-refractivity contribution in [3.8, 4) is 11.5 Å². The Hall–Kier alpha value is -2.10. The summed E-state index contributed by atoms with van der Waals surface area (Å²) in [6.07, 6.45) is 18.4. The van der Waals surface area contributed by atoms with Crippen LogP contribution in [0.5, 0.6) is 11.5 Å². The van der Waals surface area contributed by atoms with Crippen LogP contribution in [-0.4, -0.2) is 12.6 Å². The maximum atomic E-state index is 14.3. The Morgan fingerprint density at radius 2 is 1.67 bits per heavy atom. The molecule has 3 aliphatic rings. The van der Waals surface area contributed by atoms with Gasteiger partial charge in [0.2, 0.25) is 0 Å². The molecule has 4 heteroatoms. The fourth-order valence-electron chi connectivity index (χ4n) is 6.66. The van der Waals surface area contributed by atoms with Gasteiger partial charge in [0.15, 0.2) is 11.6 Å². The third-order valence-corrected chi connectivity index (χ3v) is 8.41. The van der Waals surface area contributed by atoms with E-state index in [2.05, 4.69) is 25.7 Å². The van der Waals surface area contributed by atoms with Crippen LogP contribution in [0.4, 0.5) is 4.39 Å². The van der Waals surface area contributed by atoms with E-state index in [1.807, 2.05) is 0 Å². The molecule has 0 heterocycles. The van der Waals surface area contributed by atoms with Crippen molar-refractivity contribution in [3.05, 3.63) is 48.8 Å². The van der Waals surface area contributed by atoms with Crippen molar-refractivity contribution in [2.24, 2.45) is 35.5 Å². The molecule has 3 saturated carbocycles. The average Bonchev–Trinajstić information content (AvgIpc) is 2.84. The molecule has 3 aliphatic carbocycles. The second kappa shape index (κ2) is 11.4. The molecule has 0 radical (unpaired) electrons. The average molecular weight is 455 g/mol. The largest absolute Gasteiger partial charge is 0.489 e. The smallest absolute Gasteiger partial charge is 0.314 e. The standard InChI is InChI=1S/C29H39FO3/c1-3-5-20-6-7-25-18-24(13-12-23(25)17-20)21-8-10-22(11-9-21)29(31)33-28-15-14-26(19-27(28)30)32-16-4-2/h3-5,14-15,19-25H,2,6-13,16-18H2,1H3/b5-3+. The van der Waals surface area contributed by atoms with E-state index in [-0.39, 0.29) is 17.6 Å². The van der Waals surface area contributed by atoms with E-state index in [9.17, 15) is 9.18 Å². The summed E-state index contributed by atoms with van der Waals surface area (Å²) in [5.74, 6) is 3.60. The maximum absolute atomic E-state index is 14.3. The third-order valence-electron chi connectivity index (χ3n) is 8.41. The first kappa shape index (κ1) is 24.0. The first-order valence-electron chi connectivity index (χ1n) is 12.9. The lowest BCUT2D eigenvalue weighted by Gasteiger charge is -2.45. The number of benzene rings is 1. The van der Waals surface area contributed by atoms with E-state index in [0.717, 1.165) is 55.3 Å². The Balaban J connectivity index is 1.24. The zero-order valence-corrected chi connectivity index (χ0v) is 20.0. The number of rotatable bonds is 7. The molecule has 4 atom stereocenters. The molecule has 0 saturated heterocycles. The van der Waals surface area contributed by atoms with Gasteiger partial charge >= 0.3 is 5.97 Å². The van der Waals surface area contributed by atoms with Gasteiger partial charge in [0.1, 0.15) is 12.4 Å². The minimum Gasteiger partial charge on any atom is -0.489 e. The maximum Gasteiger partial charge on any atom is 0.314 e. The number of carbonyl (C=O) groups is 1. The predicted octanol–water partition coefficient (Wildman–Crippen LogP) is 7.51. The van der Waals surface area contributed by atoms with E-state index in [1.165, 1.54) is 50.7 Å². The van der Waals surface area contributed by atoms with Gasteiger partial charge in [-0.2, -0.15) is 0 Å². The molecule has 0 spiro atoms. The number of allylic oxidation sites excluding steroid dienone is 2. The van der Waals surface area contributed by atoms with Gasteiger partial charge in [-0.1, -0.05) is 24.8 Å². The SMILES string of the molecule is C=CCOc1ccc(OC(=O)C2CCC(C3CCC4CC(/C=C/C)CCC4C3)CC2)c(F)c1. The van der Waals surface area contributed by atoms with Gasteiger partial charge in [-0.15, -0.1) is 0 Å². The molecule has 3 nitrogen and oxygen atoms in total. The lowest BCUT2D eigenvalue weighted by molar-refractivity contribution is -0.140. The van der Waals surface area contributed by atoms with Gasteiger partial charge in [-0.05, 0) is 113 Å². The second-order valence-corrected chi connectivity index (χ2v) is 10.4. The van der Waals surface area contributed by atoms with Gasteiger partial charge in [-0.25, -0.2) is 4.39 Å². The van der Waals surface area contributed by atoms with Crippen LogP contribution in [0.3, 0.4) is 0 Å². The normalized spacial score (nSPS) is 32.2. The fourth-order valence-corrected chi connectivity index (χ4v) is 6.66. The van der Waals surface area contributed by atoms with E-state index in [1.54, 1.807) is 12.1 Å². The highest BCUT2D eigenvalue weighted by Crippen LogP contribution is 2.49. The summed E-state index contributed by atoms with van der Waals surface area (Å²) < 4.78 is 25.1. The van der Waals surface area contributed by atoms with E-state index in [0.29, 0.717) is 12.4 Å². The summed E-state index contributed by atoms with van der Waals surface area (Å²) >= 11 is 0. The highest BCUT2D eigenvalue weighted by Gasteiger charge is 2.39. The Kier molecular flexibility index (Phi) is 8.27. The molecule has 33 heavy (non-hydrogen) atoms. The molecule has 0 aromatic heterocycles. The highest BCUT2D eigenvalue weighted by atomic mass is 19.1. The third kappa shape index (κ3) is 6.07. The van der Waals surface area contributed by atoms with Crippen molar-refractivity contribution in [2.75, 3.05) is 6.61 Å². The van der Waals surface area contributed by atoms with Gasteiger partial charge in [0.25, 0.3) is 0 Å². The van der Waals surface area contributed by atoms with E-state index in [4.69, 9.17) is 9.47 Å². The van der Waals surface area contributed by atoms with E-state index < -0.39 is 5.82 Å². The first-order chi connectivity index (χ1) is 16.1. The molecule has 4 rings (SSSR count). The van der Waals surface area contributed by atoms with Crippen LogP contribution in [0.15, 0.2) is 43.0 Å². The minimum atomic E-state index is -0.570. The number of hydrogen-bond acceptors (Lipinski definition) is 3. The molecule has 1 aromatic carbocycles. The first-order valence-corrected chi connectivity index (χ1v) is 12.9. The van der Waals surface area contributed by atoms with Crippen molar-refractivity contribution >= 4 is 5.97 Å². The number of ether oxygens (including phenoxy) is 2. The lowest BCUT2D eigenvalue weighted by Crippen LogP contribution is -2.35. The number of fused-ring (bicyclic) bond motifs is 1. The van der Waals surface area contributed by atoms with Crippen LogP contribution in [0.1, 0.15) is 71.1 Å². The van der Waals surface area contributed by atoms with Crippen LogP contribution in [0, 0.1) is 41.3 Å². The fraction of sp³-hybridized carbons (Fsp3) is 0.621. The summed E-state index contributed by atoms with van der Waals surface area (Å²) in [6, 6.07) is 4.35. The van der Waals surface area contributed by atoms with Crippen molar-refractivity contribution in [3.63, 3.8) is 0 Å². The van der Waals surface area contributed by atoms with Gasteiger partial charge in [0, 0.05) is 6.07 Å². The zero-order chi connectivity index (χ0) is 23.2. The lowest BCUT2D eigenvalue weighted by atomic mass is 9.61. The molecule has 1 aromatic rings. The van der Waals surface area contributed by atoms with Gasteiger partial charge in [0.05, 0.1) is 5.92 Å². The summed E-state index contributed by atoms with van der Waals surface area (Å²) in [5.41, 5.74) is 0. The van der Waals surface area contributed by atoms with Crippen molar-refractivity contribution < 1.29 is 18.7 Å². The molecule has 0 bridgehead atoms. The zero-order valence-electron chi connectivity index (χ0n) is 20.0. The molecular formula is C29H39FO3. The van der Waals surface area contributed by atoms with Crippen molar-refractivity contribution in [1.29, 1.82) is 0 Å². The van der Waals surface area contributed by atoms with Crippen molar-refractivity contribution in [2.45, 2.75) is 71.1 Å². The summed E-state index contributed by atoms with van der Waals surface area (Å²) in [4.78, 5) is 12.7. The monoisotopic (exact) mass is 454 g/mol. The minimum absolute atomic E-state index is 0.0140. The molecule has 0 amide bonds. The van der Waals surface area contributed by atoms with E-state index >= 15 is 0 Å². The molecule has 4 unspecified atom stereocenters. The molecule has 3 fully saturated rings. The molecular weight excluding hydrogens is 415 g/mol. The summed E-state index contributed by atoms with van der Waals surface area (Å²) in [5, 5.41) is 0. The topological polar surface area (TPSA) is 35.5 Å². The summed E-state index contributed by atoms with van der Waals surface area (Å²) in [7, 11) is 0. The van der Waals surface area contributed by atoms with Crippen LogP contribution in [-0.2, 0) is 4.79 Å². The number of halogens is 1.